The van der Waals surface area contributed by atoms with Crippen molar-refractivity contribution in [2.75, 3.05) is 14.2 Å². The Balaban J connectivity index is 1.01. The average molecular weight is 876 g/mol. The lowest BCUT2D eigenvalue weighted by molar-refractivity contribution is -0.142. The molecule has 5 heterocycles. The molecule has 0 radical (unpaired) electrons. The van der Waals surface area contributed by atoms with E-state index >= 15 is 0 Å². The van der Waals surface area contributed by atoms with E-state index in [1.807, 2.05) is 64.5 Å². The minimum atomic E-state index is -0.939. The van der Waals surface area contributed by atoms with Gasteiger partial charge in [0.2, 0.25) is 11.8 Å². The third kappa shape index (κ3) is 8.53. The normalized spacial score (nSPS) is 21.6. The molecule has 0 bridgehead atoms. The van der Waals surface area contributed by atoms with Gasteiger partial charge in [0.25, 0.3) is 0 Å². The third-order valence-electron chi connectivity index (χ3n) is 13.2. The average Bonchev–Trinajstić information content (AvgIpc) is 4.08. The molecule has 1 aromatic heterocycles. The Morgan fingerprint density at radius 1 is 0.828 bits per heavy atom. The number of nitrogens with zero attached hydrogens (tertiary/aromatic N) is 4. The van der Waals surface area contributed by atoms with Crippen LogP contribution in [0.2, 0.25) is 0 Å². The van der Waals surface area contributed by atoms with E-state index in [1.54, 1.807) is 6.92 Å². The van der Waals surface area contributed by atoms with Crippen molar-refractivity contribution in [2.24, 2.45) is 10.9 Å². The molecule has 8 rings (SSSR count). The van der Waals surface area contributed by atoms with E-state index in [9.17, 15) is 19.2 Å². The minimum absolute atomic E-state index is 0.0175. The zero-order valence-corrected chi connectivity index (χ0v) is 38.5. The van der Waals surface area contributed by atoms with Crippen molar-refractivity contribution in [2.45, 2.75) is 142 Å². The van der Waals surface area contributed by atoms with Gasteiger partial charge in [-0.05, 0) is 130 Å². The maximum absolute atomic E-state index is 14.4. The first-order valence-corrected chi connectivity index (χ1v) is 22.5. The van der Waals surface area contributed by atoms with E-state index in [4.69, 9.17) is 28.9 Å². The summed E-state index contributed by atoms with van der Waals surface area (Å²) >= 11 is 0. The number of imidazole rings is 1. The Bertz CT molecular complexity index is 2510. The van der Waals surface area contributed by atoms with Crippen LogP contribution in [-0.2, 0) is 36.8 Å². The number of carbonyl (C=O) groups is 4. The van der Waals surface area contributed by atoms with Crippen LogP contribution in [-0.4, -0.2) is 106 Å². The molecule has 4 aliphatic heterocycles. The zero-order valence-electron chi connectivity index (χ0n) is 38.5. The number of methoxy groups -OCH3 is 2. The molecule has 4 amide bonds. The molecule has 3 N–H and O–H groups in total. The van der Waals surface area contributed by atoms with Crippen LogP contribution in [0.4, 0.5) is 15.3 Å². The Kier molecular flexibility index (Phi) is 12.2. The van der Waals surface area contributed by atoms with Gasteiger partial charge in [-0.1, -0.05) is 32.0 Å². The molecule has 0 aliphatic carbocycles. The standard InChI is InChI=1S/C49H61N7O8/c1-25(2)42(53-47(59)61-9)45(57)56-27(4)12-18-40(56)44-50-23-38(52-44)30-13-15-32-31(19-30)24-63-41-22-33-29(20-35(32)41)14-16-36-34(33)21-37(51-36)39-17-11-26(3)55(39)46(58)43(54-48(60)62-10)28(5)64-49(6,7)8/h13-16,19-20,22-23,25-28,39-40,42-43H,11-12,17-18,21,24H2,1-10H3,(H,50,52)(H,53,59)(H,54,60)/t26-,27-,28+,39-,40-,42-,43?/m0/s1. The fraction of sp³-hybridized carbons (Fsp3) is 0.510. The fourth-order valence-electron chi connectivity index (χ4n) is 10.1. The molecule has 15 nitrogen and oxygen atoms in total. The highest BCUT2D eigenvalue weighted by atomic mass is 16.5. The predicted molar refractivity (Wildman–Crippen MR) is 244 cm³/mol. The van der Waals surface area contributed by atoms with Crippen molar-refractivity contribution < 1.29 is 38.1 Å². The summed E-state index contributed by atoms with van der Waals surface area (Å²) in [6.45, 7) is 15.8. The van der Waals surface area contributed by atoms with Crippen LogP contribution in [0.3, 0.4) is 0 Å². The molecule has 2 saturated heterocycles. The van der Waals surface area contributed by atoms with E-state index in [0.29, 0.717) is 18.9 Å². The van der Waals surface area contributed by atoms with Crippen LogP contribution < -0.4 is 15.4 Å². The highest BCUT2D eigenvalue weighted by Crippen LogP contribution is 2.45. The van der Waals surface area contributed by atoms with Crippen molar-refractivity contribution in [1.29, 1.82) is 0 Å². The van der Waals surface area contributed by atoms with Crippen LogP contribution >= 0.6 is 0 Å². The Morgan fingerprint density at radius 2 is 1.48 bits per heavy atom. The Hall–Kier alpha value is -5.96. The number of aromatic nitrogens is 2. The van der Waals surface area contributed by atoms with E-state index < -0.39 is 36.0 Å². The monoisotopic (exact) mass is 875 g/mol. The number of ether oxygens (including phenoxy) is 4. The highest BCUT2D eigenvalue weighted by molar-refractivity contribution is 6.07. The highest BCUT2D eigenvalue weighted by Gasteiger charge is 2.45. The van der Waals surface area contributed by atoms with Gasteiger partial charge in [0.15, 0.2) is 0 Å². The van der Waals surface area contributed by atoms with Gasteiger partial charge in [-0.15, -0.1) is 0 Å². The molecule has 340 valence electrons. The molecule has 15 heteroatoms. The van der Waals surface area contributed by atoms with Gasteiger partial charge in [-0.2, -0.15) is 0 Å². The lowest BCUT2D eigenvalue weighted by atomic mass is 9.90. The number of H-pyrrole nitrogens is 1. The van der Waals surface area contributed by atoms with Crippen LogP contribution in [0.25, 0.3) is 33.2 Å². The van der Waals surface area contributed by atoms with Gasteiger partial charge in [0, 0.05) is 29.8 Å². The number of nitrogens with one attached hydrogen (secondary N) is 3. The number of hydrogen-bond acceptors (Lipinski definition) is 10. The van der Waals surface area contributed by atoms with Gasteiger partial charge in [0.05, 0.1) is 55.6 Å². The molecule has 64 heavy (non-hydrogen) atoms. The number of aliphatic imine (C=N–C) groups is 1. The summed E-state index contributed by atoms with van der Waals surface area (Å²) in [4.78, 5) is 70.0. The lowest BCUT2D eigenvalue weighted by Gasteiger charge is -2.36. The number of fused-ring (bicyclic) bond motifs is 6. The number of hydrogen-bond donors (Lipinski definition) is 3. The third-order valence-corrected chi connectivity index (χ3v) is 13.2. The molecule has 4 aliphatic rings. The smallest absolute Gasteiger partial charge is 0.407 e. The van der Waals surface area contributed by atoms with Crippen LogP contribution in [0.5, 0.6) is 5.75 Å². The summed E-state index contributed by atoms with van der Waals surface area (Å²) < 4.78 is 22.4. The van der Waals surface area contributed by atoms with Crippen molar-refractivity contribution in [3.05, 3.63) is 65.6 Å². The largest absolute Gasteiger partial charge is 0.488 e. The number of benzene rings is 3. The molecular weight excluding hydrogens is 815 g/mol. The number of carbonyl (C=O) groups excluding carboxylic acids is 4. The van der Waals surface area contributed by atoms with Crippen LogP contribution in [0, 0.1) is 5.92 Å². The second-order valence-corrected chi connectivity index (χ2v) is 19.0. The quantitative estimate of drug-likeness (QED) is 0.142. The maximum Gasteiger partial charge on any atom is 0.407 e. The Labute approximate surface area is 374 Å². The molecular formula is C49H61N7O8. The van der Waals surface area contributed by atoms with Crippen LogP contribution in [0.1, 0.15) is 104 Å². The summed E-state index contributed by atoms with van der Waals surface area (Å²) in [5.41, 5.74) is 7.35. The van der Waals surface area contributed by atoms with Gasteiger partial charge >= 0.3 is 12.2 Å². The summed E-state index contributed by atoms with van der Waals surface area (Å²) in [6, 6.07) is 12.6. The van der Waals surface area contributed by atoms with E-state index in [-0.39, 0.29) is 41.9 Å². The topological polar surface area (TPSA) is 177 Å². The summed E-state index contributed by atoms with van der Waals surface area (Å²) in [5.74, 6) is 1.01. The zero-order chi connectivity index (χ0) is 45.8. The second kappa shape index (κ2) is 17.5. The van der Waals surface area contributed by atoms with Gasteiger partial charge < -0.3 is 44.4 Å². The second-order valence-electron chi connectivity index (χ2n) is 19.0. The van der Waals surface area contributed by atoms with E-state index in [0.717, 1.165) is 87.1 Å². The molecule has 2 fully saturated rings. The van der Waals surface area contributed by atoms with Gasteiger partial charge in [0.1, 0.15) is 30.3 Å². The molecule has 1 unspecified atom stereocenters. The number of amides is 4. The Morgan fingerprint density at radius 3 is 2.16 bits per heavy atom. The van der Waals surface area contributed by atoms with E-state index in [2.05, 4.69) is 58.1 Å². The lowest BCUT2D eigenvalue weighted by Crippen LogP contribution is -2.58. The molecule has 0 saturated carbocycles. The van der Waals surface area contributed by atoms with Gasteiger partial charge in [-0.3, -0.25) is 14.6 Å². The van der Waals surface area contributed by atoms with Crippen molar-refractivity contribution in [3.8, 4) is 28.1 Å². The predicted octanol–water partition coefficient (Wildman–Crippen LogP) is 8.16. The molecule has 7 atom stereocenters. The van der Waals surface area contributed by atoms with Crippen molar-refractivity contribution in [3.63, 3.8) is 0 Å². The first kappa shape index (κ1) is 44.6. The number of likely N-dealkylation sites (tertiary alicyclic amines) is 2. The number of alkyl carbamates (subject to hydrolysis) is 2. The fourth-order valence-corrected chi connectivity index (χ4v) is 10.1. The SMILES string of the molecule is COC(=O)NC(C(=O)N1[C@@H](C)CC[C@H]1C1=Nc2ccc3cc4c(cc3c2C1)OCc1cc(-c2cnc([C@@H]3CC[C@H](C)N3C(=O)[C@@H](NC(=O)OC)C(C)C)[nH]2)ccc1-4)[C@@H](C)OC(C)(C)C. The number of rotatable bonds is 10. The van der Waals surface area contributed by atoms with Crippen molar-refractivity contribution >= 4 is 46.2 Å². The first-order chi connectivity index (χ1) is 30.5. The van der Waals surface area contributed by atoms with Crippen molar-refractivity contribution in [1.82, 2.24) is 30.4 Å². The minimum Gasteiger partial charge on any atom is -0.488 e. The summed E-state index contributed by atoms with van der Waals surface area (Å²) in [7, 11) is 2.58. The maximum atomic E-state index is 14.4. The molecule has 3 aromatic carbocycles. The van der Waals surface area contributed by atoms with E-state index in [1.165, 1.54) is 14.2 Å². The van der Waals surface area contributed by atoms with Gasteiger partial charge in [-0.25, -0.2) is 14.6 Å². The van der Waals surface area contributed by atoms with Crippen LogP contribution in [0.15, 0.2) is 53.7 Å². The molecule has 0 spiro atoms. The first-order valence-electron chi connectivity index (χ1n) is 22.5. The molecule has 4 aromatic rings. The summed E-state index contributed by atoms with van der Waals surface area (Å²) in [6.07, 6.45) is 3.64. The number of aromatic amines is 1. The summed E-state index contributed by atoms with van der Waals surface area (Å²) in [5, 5.41) is 7.62.